The summed E-state index contributed by atoms with van der Waals surface area (Å²) >= 11 is 0. The van der Waals surface area contributed by atoms with Crippen LogP contribution in [0.25, 0.3) is 55.6 Å². The van der Waals surface area contributed by atoms with Crippen LogP contribution < -0.4 is 4.90 Å². The van der Waals surface area contributed by atoms with Crippen LogP contribution in [0.2, 0.25) is 0 Å². The van der Waals surface area contributed by atoms with Gasteiger partial charge in [-0.25, -0.2) is 0 Å². The van der Waals surface area contributed by atoms with E-state index >= 15 is 0 Å². The number of nitrogens with zero attached hydrogens (tertiary/aromatic N) is 1. The highest BCUT2D eigenvalue weighted by Gasteiger charge is 2.18. The van der Waals surface area contributed by atoms with Gasteiger partial charge in [-0.05, 0) is 104 Å². The van der Waals surface area contributed by atoms with Crippen molar-refractivity contribution in [1.82, 2.24) is 0 Å². The number of benzene rings is 8. The molecule has 0 unspecified atom stereocenters. The maximum absolute atomic E-state index is 2.35. The first-order chi connectivity index (χ1) is 24.3. The molecular weight excluding hydrogens is 591 g/mol. The molecule has 0 radical (unpaired) electrons. The molecule has 0 saturated carbocycles. The van der Waals surface area contributed by atoms with E-state index in [1.165, 1.54) is 55.6 Å². The molecule has 0 atom stereocenters. The van der Waals surface area contributed by atoms with Gasteiger partial charge in [0.25, 0.3) is 0 Å². The van der Waals surface area contributed by atoms with E-state index in [4.69, 9.17) is 0 Å². The van der Waals surface area contributed by atoms with Gasteiger partial charge in [-0.1, -0.05) is 164 Å². The fourth-order valence-corrected chi connectivity index (χ4v) is 6.68. The first-order valence-electron chi connectivity index (χ1n) is 16.8. The van der Waals surface area contributed by atoms with Gasteiger partial charge in [0, 0.05) is 17.1 Å². The third-order valence-electron chi connectivity index (χ3n) is 9.08. The summed E-state index contributed by atoms with van der Waals surface area (Å²) in [7, 11) is 0. The van der Waals surface area contributed by atoms with Crippen LogP contribution in [0, 0.1) is 0 Å². The largest absolute Gasteiger partial charge is 0.311 e. The monoisotopic (exact) mass is 625 g/mol. The van der Waals surface area contributed by atoms with Crippen molar-refractivity contribution in [1.29, 1.82) is 0 Å². The minimum atomic E-state index is 1.10. The SMILES string of the molecule is c1ccc(-c2ccc(N(c3ccccc3)c3ccc(-c4c(-c5ccccc5)cc(-c5ccccc5)cc4-c4ccccc4)cc3)cc2)cc1. The van der Waals surface area contributed by atoms with Gasteiger partial charge in [0.05, 0.1) is 0 Å². The molecule has 8 aromatic carbocycles. The zero-order valence-electron chi connectivity index (χ0n) is 27.2. The van der Waals surface area contributed by atoms with Gasteiger partial charge in [0.15, 0.2) is 0 Å². The molecule has 0 heterocycles. The van der Waals surface area contributed by atoms with Crippen molar-refractivity contribution in [2.75, 3.05) is 4.90 Å². The Hall–Kier alpha value is -6.44. The Bertz CT molecular complexity index is 2200. The number of rotatable bonds is 8. The predicted molar refractivity (Wildman–Crippen MR) is 208 cm³/mol. The van der Waals surface area contributed by atoms with Crippen LogP contribution in [0.3, 0.4) is 0 Å². The van der Waals surface area contributed by atoms with E-state index in [0.29, 0.717) is 0 Å². The summed E-state index contributed by atoms with van der Waals surface area (Å²) in [6.45, 7) is 0. The normalized spacial score (nSPS) is 10.9. The van der Waals surface area contributed by atoms with Crippen LogP contribution in [0.5, 0.6) is 0 Å². The molecule has 49 heavy (non-hydrogen) atoms. The molecular formula is C48H35N. The quantitative estimate of drug-likeness (QED) is 0.162. The summed E-state index contributed by atoms with van der Waals surface area (Å²) in [6.07, 6.45) is 0. The van der Waals surface area contributed by atoms with Gasteiger partial charge < -0.3 is 4.90 Å². The molecule has 0 N–H and O–H groups in total. The lowest BCUT2D eigenvalue weighted by Crippen LogP contribution is -2.09. The number of para-hydroxylation sites is 1. The molecule has 0 amide bonds. The van der Waals surface area contributed by atoms with Crippen LogP contribution in [-0.2, 0) is 0 Å². The molecule has 8 rings (SSSR count). The van der Waals surface area contributed by atoms with Gasteiger partial charge in [-0.15, -0.1) is 0 Å². The summed E-state index contributed by atoms with van der Waals surface area (Å²) in [5.74, 6) is 0. The van der Waals surface area contributed by atoms with E-state index < -0.39 is 0 Å². The molecule has 1 nitrogen and oxygen atoms in total. The van der Waals surface area contributed by atoms with E-state index in [1.54, 1.807) is 0 Å². The zero-order chi connectivity index (χ0) is 32.8. The van der Waals surface area contributed by atoms with Gasteiger partial charge in [0.2, 0.25) is 0 Å². The molecule has 0 saturated heterocycles. The third-order valence-corrected chi connectivity index (χ3v) is 9.08. The van der Waals surface area contributed by atoms with Crippen molar-refractivity contribution < 1.29 is 0 Å². The third kappa shape index (κ3) is 6.31. The van der Waals surface area contributed by atoms with Crippen LogP contribution in [0.1, 0.15) is 0 Å². The van der Waals surface area contributed by atoms with E-state index in [-0.39, 0.29) is 0 Å². The lowest BCUT2D eigenvalue weighted by Gasteiger charge is -2.26. The molecule has 0 spiro atoms. The van der Waals surface area contributed by atoms with Crippen molar-refractivity contribution in [3.8, 4) is 55.6 Å². The average molecular weight is 626 g/mol. The molecule has 0 aliphatic heterocycles. The minimum absolute atomic E-state index is 1.10. The summed E-state index contributed by atoms with van der Waals surface area (Å²) in [5, 5.41) is 0. The highest BCUT2D eigenvalue weighted by molar-refractivity contribution is 5.98. The Labute approximate surface area is 289 Å². The Morgan fingerprint density at radius 3 is 0.959 bits per heavy atom. The van der Waals surface area contributed by atoms with Gasteiger partial charge in [-0.3, -0.25) is 0 Å². The minimum Gasteiger partial charge on any atom is -0.311 e. The van der Waals surface area contributed by atoms with Gasteiger partial charge in [-0.2, -0.15) is 0 Å². The first kappa shape index (κ1) is 29.9. The second-order valence-corrected chi connectivity index (χ2v) is 12.2. The summed E-state index contributed by atoms with van der Waals surface area (Å²) in [4.78, 5) is 2.33. The van der Waals surface area contributed by atoms with Crippen molar-refractivity contribution >= 4 is 17.1 Å². The van der Waals surface area contributed by atoms with Crippen LogP contribution >= 0.6 is 0 Å². The smallest absolute Gasteiger partial charge is 0.0462 e. The maximum Gasteiger partial charge on any atom is 0.0462 e. The summed E-state index contributed by atoms with van der Waals surface area (Å²) < 4.78 is 0. The molecule has 0 aliphatic rings. The molecule has 8 aromatic rings. The van der Waals surface area contributed by atoms with Gasteiger partial charge >= 0.3 is 0 Å². The van der Waals surface area contributed by atoms with Gasteiger partial charge in [0.1, 0.15) is 0 Å². The highest BCUT2D eigenvalue weighted by Crippen LogP contribution is 2.44. The summed E-state index contributed by atoms with van der Waals surface area (Å²) in [5.41, 5.74) is 15.4. The Morgan fingerprint density at radius 1 is 0.224 bits per heavy atom. The average Bonchev–Trinajstić information content (AvgIpc) is 3.20. The van der Waals surface area contributed by atoms with Crippen LogP contribution in [0.4, 0.5) is 17.1 Å². The first-order valence-corrected chi connectivity index (χ1v) is 16.8. The fraction of sp³-hybridized carbons (Fsp3) is 0. The van der Waals surface area contributed by atoms with E-state index in [0.717, 1.165) is 17.1 Å². The molecule has 1 heteroatoms. The van der Waals surface area contributed by atoms with Crippen LogP contribution in [0.15, 0.2) is 212 Å². The maximum atomic E-state index is 2.35. The van der Waals surface area contributed by atoms with E-state index in [2.05, 4.69) is 217 Å². The molecule has 232 valence electrons. The van der Waals surface area contributed by atoms with Crippen LogP contribution in [-0.4, -0.2) is 0 Å². The molecule has 0 aliphatic carbocycles. The van der Waals surface area contributed by atoms with Crippen molar-refractivity contribution in [2.45, 2.75) is 0 Å². The number of hydrogen-bond acceptors (Lipinski definition) is 1. The molecule has 0 fully saturated rings. The Balaban J connectivity index is 1.27. The summed E-state index contributed by atoms with van der Waals surface area (Å²) in [6, 6.07) is 76.0. The molecule has 0 bridgehead atoms. The van der Waals surface area contributed by atoms with E-state index in [1.807, 2.05) is 0 Å². The fourth-order valence-electron chi connectivity index (χ4n) is 6.68. The zero-order valence-corrected chi connectivity index (χ0v) is 27.2. The Kier molecular flexibility index (Phi) is 8.39. The van der Waals surface area contributed by atoms with Crippen molar-refractivity contribution in [3.63, 3.8) is 0 Å². The topological polar surface area (TPSA) is 3.24 Å². The predicted octanol–water partition coefficient (Wildman–Crippen LogP) is 13.5. The standard InChI is InChI=1S/C48H35N/c1-6-16-36(17-7-1)38-26-30-44(31-27-38)49(43-24-14-5-15-25-43)45-32-28-41(29-33-45)48-46(39-20-10-3-11-21-39)34-42(37-18-8-2-9-19-37)35-47(48)40-22-12-4-13-23-40/h1-35H. The lowest BCUT2D eigenvalue weighted by atomic mass is 9.84. The van der Waals surface area contributed by atoms with Crippen molar-refractivity contribution in [3.05, 3.63) is 212 Å². The van der Waals surface area contributed by atoms with Crippen molar-refractivity contribution in [2.24, 2.45) is 0 Å². The second-order valence-electron chi connectivity index (χ2n) is 12.2. The highest BCUT2D eigenvalue weighted by atomic mass is 15.1. The number of hydrogen-bond donors (Lipinski definition) is 0. The van der Waals surface area contributed by atoms with E-state index in [9.17, 15) is 0 Å². The Morgan fingerprint density at radius 2 is 0.531 bits per heavy atom. The lowest BCUT2D eigenvalue weighted by molar-refractivity contribution is 1.28. The molecule has 0 aromatic heterocycles. The number of anilines is 3. The second kappa shape index (κ2) is 13.7.